The monoisotopic (exact) mass is 304 g/mol. The molecule has 2 rings (SSSR count). The SMILES string of the molecule is CCCC(O)CNC(=O)c1cccc(-c2nc(C)cs2)c1. The standard InChI is InChI=1S/C16H20N2O2S/c1-3-5-14(19)9-17-15(20)12-6-4-7-13(8-12)16-18-11(2)10-21-16/h4,6-8,10,14,19H,3,5,9H2,1-2H3,(H,17,20). The largest absolute Gasteiger partial charge is 0.391 e. The molecule has 0 radical (unpaired) electrons. The van der Waals surface area contributed by atoms with Crippen molar-refractivity contribution in [1.82, 2.24) is 10.3 Å². The van der Waals surface area contributed by atoms with Crippen molar-refractivity contribution in [2.75, 3.05) is 6.54 Å². The van der Waals surface area contributed by atoms with Gasteiger partial charge in [-0.15, -0.1) is 11.3 Å². The van der Waals surface area contributed by atoms with Crippen molar-refractivity contribution in [3.05, 3.63) is 40.9 Å². The molecule has 112 valence electrons. The Morgan fingerprint density at radius 2 is 2.29 bits per heavy atom. The second-order valence-electron chi connectivity index (χ2n) is 5.03. The van der Waals surface area contributed by atoms with Crippen molar-refractivity contribution in [1.29, 1.82) is 0 Å². The molecule has 1 aromatic heterocycles. The number of aliphatic hydroxyl groups excluding tert-OH is 1. The molecule has 1 atom stereocenters. The molecule has 1 unspecified atom stereocenters. The smallest absolute Gasteiger partial charge is 0.251 e. The van der Waals surface area contributed by atoms with Crippen LogP contribution >= 0.6 is 11.3 Å². The van der Waals surface area contributed by atoms with Crippen LogP contribution in [0.2, 0.25) is 0 Å². The van der Waals surface area contributed by atoms with Gasteiger partial charge in [-0.3, -0.25) is 4.79 Å². The van der Waals surface area contributed by atoms with Crippen molar-refractivity contribution < 1.29 is 9.90 Å². The molecule has 1 amide bonds. The second kappa shape index (κ2) is 7.33. The molecule has 0 aliphatic carbocycles. The number of aryl methyl sites for hydroxylation is 1. The maximum atomic E-state index is 12.1. The van der Waals surface area contributed by atoms with Gasteiger partial charge in [-0.05, 0) is 25.5 Å². The van der Waals surface area contributed by atoms with Crippen LogP contribution in [-0.4, -0.2) is 28.6 Å². The fourth-order valence-electron chi connectivity index (χ4n) is 2.03. The summed E-state index contributed by atoms with van der Waals surface area (Å²) >= 11 is 1.57. The van der Waals surface area contributed by atoms with Crippen LogP contribution in [0.5, 0.6) is 0 Å². The Balaban J connectivity index is 2.05. The summed E-state index contributed by atoms with van der Waals surface area (Å²) in [6.45, 7) is 4.24. The summed E-state index contributed by atoms with van der Waals surface area (Å²) in [5, 5.41) is 15.3. The van der Waals surface area contributed by atoms with E-state index in [4.69, 9.17) is 0 Å². The van der Waals surface area contributed by atoms with E-state index in [1.807, 2.05) is 37.4 Å². The van der Waals surface area contributed by atoms with Gasteiger partial charge in [-0.1, -0.05) is 25.5 Å². The molecule has 1 aromatic carbocycles. The number of rotatable bonds is 6. The molecular formula is C16H20N2O2S. The van der Waals surface area contributed by atoms with Gasteiger partial charge in [0.25, 0.3) is 5.91 Å². The number of hydrogen-bond acceptors (Lipinski definition) is 4. The number of thiazole rings is 1. The van der Waals surface area contributed by atoms with E-state index in [9.17, 15) is 9.90 Å². The lowest BCUT2D eigenvalue weighted by atomic mass is 10.1. The molecule has 2 aromatic rings. The van der Waals surface area contributed by atoms with Gasteiger partial charge in [0.2, 0.25) is 0 Å². The summed E-state index contributed by atoms with van der Waals surface area (Å²) in [6.07, 6.45) is 1.11. The predicted molar refractivity (Wildman–Crippen MR) is 85.5 cm³/mol. The lowest BCUT2D eigenvalue weighted by Crippen LogP contribution is -2.31. The van der Waals surface area contributed by atoms with Gasteiger partial charge in [0.05, 0.1) is 6.10 Å². The summed E-state index contributed by atoms with van der Waals surface area (Å²) in [7, 11) is 0. The van der Waals surface area contributed by atoms with E-state index in [0.29, 0.717) is 12.0 Å². The average molecular weight is 304 g/mol. The Kier molecular flexibility index (Phi) is 5.47. The fourth-order valence-corrected chi connectivity index (χ4v) is 2.82. The first kappa shape index (κ1) is 15.7. The first-order valence-electron chi connectivity index (χ1n) is 7.09. The van der Waals surface area contributed by atoms with Crippen molar-refractivity contribution in [3.63, 3.8) is 0 Å². The molecule has 0 saturated carbocycles. The molecule has 0 aliphatic heterocycles. The Hall–Kier alpha value is -1.72. The van der Waals surface area contributed by atoms with Crippen LogP contribution < -0.4 is 5.32 Å². The summed E-state index contributed by atoms with van der Waals surface area (Å²) in [4.78, 5) is 16.5. The topological polar surface area (TPSA) is 62.2 Å². The number of amides is 1. The molecule has 1 heterocycles. The Morgan fingerprint density at radius 1 is 1.48 bits per heavy atom. The fraction of sp³-hybridized carbons (Fsp3) is 0.375. The molecule has 0 saturated heterocycles. The highest BCUT2D eigenvalue weighted by Gasteiger charge is 2.10. The normalized spacial score (nSPS) is 12.1. The van der Waals surface area contributed by atoms with Gasteiger partial charge in [-0.25, -0.2) is 4.98 Å². The van der Waals surface area contributed by atoms with E-state index in [1.54, 1.807) is 17.4 Å². The van der Waals surface area contributed by atoms with E-state index < -0.39 is 6.10 Å². The van der Waals surface area contributed by atoms with Gasteiger partial charge in [-0.2, -0.15) is 0 Å². The van der Waals surface area contributed by atoms with Gasteiger partial charge in [0.1, 0.15) is 5.01 Å². The van der Waals surface area contributed by atoms with E-state index >= 15 is 0 Å². The highest BCUT2D eigenvalue weighted by atomic mass is 32.1. The van der Waals surface area contributed by atoms with Crippen LogP contribution in [0.1, 0.15) is 35.8 Å². The third-order valence-corrected chi connectivity index (χ3v) is 4.12. The number of nitrogens with zero attached hydrogens (tertiary/aromatic N) is 1. The van der Waals surface area contributed by atoms with Crippen molar-refractivity contribution in [2.24, 2.45) is 0 Å². The van der Waals surface area contributed by atoms with Gasteiger partial charge in [0, 0.05) is 28.7 Å². The zero-order chi connectivity index (χ0) is 15.2. The molecule has 5 heteroatoms. The number of hydrogen-bond donors (Lipinski definition) is 2. The van der Waals surface area contributed by atoms with E-state index in [2.05, 4.69) is 10.3 Å². The average Bonchev–Trinajstić information content (AvgIpc) is 2.92. The van der Waals surface area contributed by atoms with Gasteiger partial charge in [0.15, 0.2) is 0 Å². The van der Waals surface area contributed by atoms with E-state index in [1.165, 1.54) is 0 Å². The molecule has 0 spiro atoms. The molecule has 0 bridgehead atoms. The first-order chi connectivity index (χ1) is 10.1. The third kappa shape index (κ3) is 4.37. The molecule has 2 N–H and O–H groups in total. The zero-order valence-corrected chi connectivity index (χ0v) is 13.1. The van der Waals surface area contributed by atoms with Crippen molar-refractivity contribution in [2.45, 2.75) is 32.8 Å². The minimum atomic E-state index is -0.483. The highest BCUT2D eigenvalue weighted by molar-refractivity contribution is 7.13. The number of nitrogens with one attached hydrogen (secondary N) is 1. The summed E-state index contributed by atoms with van der Waals surface area (Å²) < 4.78 is 0. The Morgan fingerprint density at radius 3 is 2.95 bits per heavy atom. The van der Waals surface area contributed by atoms with Crippen LogP contribution in [0, 0.1) is 6.92 Å². The minimum Gasteiger partial charge on any atom is -0.391 e. The van der Waals surface area contributed by atoms with E-state index in [0.717, 1.165) is 22.7 Å². The molecule has 0 fully saturated rings. The quantitative estimate of drug-likeness (QED) is 0.862. The summed E-state index contributed by atoms with van der Waals surface area (Å²) in [6, 6.07) is 7.40. The van der Waals surface area contributed by atoms with Crippen molar-refractivity contribution in [3.8, 4) is 10.6 Å². The van der Waals surface area contributed by atoms with Crippen LogP contribution in [-0.2, 0) is 0 Å². The summed E-state index contributed by atoms with van der Waals surface area (Å²) in [5.74, 6) is -0.166. The number of aliphatic hydroxyl groups is 1. The third-order valence-electron chi connectivity index (χ3n) is 3.11. The molecule has 21 heavy (non-hydrogen) atoms. The van der Waals surface area contributed by atoms with Crippen LogP contribution in [0.4, 0.5) is 0 Å². The maximum absolute atomic E-state index is 12.1. The Labute approximate surface area is 128 Å². The zero-order valence-electron chi connectivity index (χ0n) is 12.3. The number of carbonyl (C=O) groups excluding carboxylic acids is 1. The Bertz CT molecular complexity index is 610. The van der Waals surface area contributed by atoms with Gasteiger partial charge < -0.3 is 10.4 Å². The predicted octanol–water partition coefficient (Wildman–Crippen LogP) is 3.01. The highest BCUT2D eigenvalue weighted by Crippen LogP contribution is 2.24. The molecule has 0 aliphatic rings. The second-order valence-corrected chi connectivity index (χ2v) is 5.89. The van der Waals surface area contributed by atoms with E-state index in [-0.39, 0.29) is 12.5 Å². The maximum Gasteiger partial charge on any atom is 0.251 e. The number of benzene rings is 1. The molecule has 4 nitrogen and oxygen atoms in total. The van der Waals surface area contributed by atoms with Gasteiger partial charge >= 0.3 is 0 Å². The number of aromatic nitrogens is 1. The minimum absolute atomic E-state index is 0.166. The van der Waals surface area contributed by atoms with Crippen LogP contribution in [0.15, 0.2) is 29.6 Å². The van der Waals surface area contributed by atoms with Crippen LogP contribution in [0.3, 0.4) is 0 Å². The first-order valence-corrected chi connectivity index (χ1v) is 7.97. The van der Waals surface area contributed by atoms with Crippen LogP contribution in [0.25, 0.3) is 10.6 Å². The summed E-state index contributed by atoms with van der Waals surface area (Å²) in [5.41, 5.74) is 2.51. The number of carbonyl (C=O) groups is 1. The van der Waals surface area contributed by atoms with Crippen molar-refractivity contribution >= 4 is 17.2 Å². The molecular weight excluding hydrogens is 284 g/mol. The lowest BCUT2D eigenvalue weighted by molar-refractivity contribution is 0.0910. The lowest BCUT2D eigenvalue weighted by Gasteiger charge is -2.11.